The number of imidazole rings is 1. The van der Waals surface area contributed by atoms with Gasteiger partial charge in [-0.25, -0.2) is 10.4 Å². The van der Waals surface area contributed by atoms with Crippen LogP contribution in [-0.2, 0) is 6.18 Å². The Morgan fingerprint density at radius 3 is 2.49 bits per heavy atom. The van der Waals surface area contributed by atoms with Crippen LogP contribution in [0.3, 0.4) is 0 Å². The van der Waals surface area contributed by atoms with E-state index in [0.29, 0.717) is 23.1 Å². The standard InChI is InChI=1S/C28H26F3N5O/c1-17(2)19-11-14-36-24(16-19)32-25(18-7-5-4-6-8-18)26(36)33-27(37)20-9-10-22(28(29,30)31)21(15-20)23-12-13-35(3)34-23/h4-17,23,34H,1-3H3,(H,33,37). The van der Waals surface area contributed by atoms with Crippen LogP contribution < -0.4 is 10.7 Å². The maximum absolute atomic E-state index is 13.8. The number of benzene rings is 2. The van der Waals surface area contributed by atoms with Gasteiger partial charge in [0.25, 0.3) is 5.91 Å². The fourth-order valence-corrected chi connectivity index (χ4v) is 4.43. The van der Waals surface area contributed by atoms with E-state index >= 15 is 0 Å². The number of nitrogens with one attached hydrogen (secondary N) is 2. The van der Waals surface area contributed by atoms with Gasteiger partial charge >= 0.3 is 6.18 Å². The second kappa shape index (κ2) is 9.40. The molecule has 37 heavy (non-hydrogen) atoms. The van der Waals surface area contributed by atoms with Gasteiger partial charge in [-0.05, 0) is 53.5 Å². The molecule has 2 aromatic heterocycles. The van der Waals surface area contributed by atoms with E-state index in [2.05, 4.69) is 24.6 Å². The van der Waals surface area contributed by atoms with Crippen molar-refractivity contribution >= 4 is 17.4 Å². The number of halogens is 3. The highest BCUT2D eigenvalue weighted by Crippen LogP contribution is 2.37. The smallest absolute Gasteiger partial charge is 0.318 e. The van der Waals surface area contributed by atoms with Gasteiger partial charge in [-0.1, -0.05) is 44.2 Å². The summed E-state index contributed by atoms with van der Waals surface area (Å²) in [7, 11) is 1.70. The highest BCUT2D eigenvalue weighted by Gasteiger charge is 2.36. The molecule has 0 spiro atoms. The summed E-state index contributed by atoms with van der Waals surface area (Å²) in [5.41, 5.74) is 5.39. The van der Waals surface area contributed by atoms with Gasteiger partial charge in [-0.2, -0.15) is 13.2 Å². The van der Waals surface area contributed by atoms with Crippen molar-refractivity contribution in [2.24, 2.45) is 0 Å². The van der Waals surface area contributed by atoms with Gasteiger partial charge in [0.15, 0.2) is 0 Å². The average Bonchev–Trinajstić information content (AvgIpc) is 3.47. The highest BCUT2D eigenvalue weighted by molar-refractivity contribution is 6.06. The molecule has 1 atom stereocenters. The fourth-order valence-electron chi connectivity index (χ4n) is 4.43. The SMILES string of the molecule is CC(C)c1ccn2c(NC(=O)c3ccc(C(F)(F)F)c(C4C=CN(C)N4)c3)c(-c3ccccc3)nc2c1. The van der Waals surface area contributed by atoms with Crippen LogP contribution in [0.4, 0.5) is 19.0 Å². The third kappa shape index (κ3) is 4.82. The number of alkyl halides is 3. The van der Waals surface area contributed by atoms with Gasteiger partial charge in [-0.15, -0.1) is 0 Å². The van der Waals surface area contributed by atoms with Crippen molar-refractivity contribution in [1.29, 1.82) is 0 Å². The van der Waals surface area contributed by atoms with E-state index in [9.17, 15) is 18.0 Å². The number of amides is 1. The number of pyridine rings is 1. The maximum atomic E-state index is 13.8. The molecule has 9 heteroatoms. The molecule has 2 N–H and O–H groups in total. The first kappa shape index (κ1) is 24.6. The lowest BCUT2D eigenvalue weighted by atomic mass is 9.97. The summed E-state index contributed by atoms with van der Waals surface area (Å²) in [6, 6.07) is 16.1. The molecule has 1 aliphatic heterocycles. The lowest BCUT2D eigenvalue weighted by molar-refractivity contribution is -0.138. The van der Waals surface area contributed by atoms with Gasteiger partial charge in [0, 0.05) is 30.6 Å². The lowest BCUT2D eigenvalue weighted by Crippen LogP contribution is -2.28. The summed E-state index contributed by atoms with van der Waals surface area (Å²) in [4.78, 5) is 18.2. The number of hydrogen-bond acceptors (Lipinski definition) is 4. The summed E-state index contributed by atoms with van der Waals surface area (Å²) in [5.74, 6) is 0.210. The van der Waals surface area contributed by atoms with E-state index in [4.69, 9.17) is 4.98 Å². The van der Waals surface area contributed by atoms with E-state index in [-0.39, 0.29) is 11.1 Å². The third-order valence-corrected chi connectivity index (χ3v) is 6.40. The van der Waals surface area contributed by atoms with E-state index in [1.807, 2.05) is 48.7 Å². The van der Waals surface area contributed by atoms with Crippen LogP contribution in [0.25, 0.3) is 16.9 Å². The number of fused-ring (bicyclic) bond motifs is 1. The number of hydrazine groups is 1. The summed E-state index contributed by atoms with van der Waals surface area (Å²) < 4.78 is 43.1. The lowest BCUT2D eigenvalue weighted by Gasteiger charge is -2.20. The number of rotatable bonds is 5. The summed E-state index contributed by atoms with van der Waals surface area (Å²) in [6.45, 7) is 4.17. The number of aromatic nitrogens is 2. The van der Waals surface area contributed by atoms with Crippen molar-refractivity contribution in [3.05, 3.63) is 101 Å². The molecule has 0 saturated carbocycles. The van der Waals surface area contributed by atoms with Gasteiger partial charge < -0.3 is 10.3 Å². The largest absolute Gasteiger partial charge is 0.416 e. The molecule has 4 aromatic rings. The van der Waals surface area contributed by atoms with Gasteiger partial charge in [0.2, 0.25) is 0 Å². The van der Waals surface area contributed by atoms with Gasteiger partial charge in [0.1, 0.15) is 17.2 Å². The molecule has 0 radical (unpaired) electrons. The summed E-state index contributed by atoms with van der Waals surface area (Å²) in [5, 5.41) is 4.49. The first-order valence-corrected chi connectivity index (χ1v) is 11.9. The first-order valence-electron chi connectivity index (χ1n) is 11.9. The van der Waals surface area contributed by atoms with Crippen molar-refractivity contribution in [2.75, 3.05) is 12.4 Å². The molecule has 6 nitrogen and oxygen atoms in total. The Balaban J connectivity index is 1.57. The van der Waals surface area contributed by atoms with Crippen LogP contribution in [-0.4, -0.2) is 27.3 Å². The minimum atomic E-state index is -4.56. The second-order valence-electron chi connectivity index (χ2n) is 9.33. The molecule has 0 fully saturated rings. The number of hydrogen-bond donors (Lipinski definition) is 2. The zero-order valence-electron chi connectivity index (χ0n) is 20.5. The first-order chi connectivity index (χ1) is 17.6. The fraction of sp³-hybridized carbons (Fsp3) is 0.214. The monoisotopic (exact) mass is 505 g/mol. The van der Waals surface area contributed by atoms with Crippen LogP contribution in [0, 0.1) is 0 Å². The average molecular weight is 506 g/mol. The predicted molar refractivity (Wildman–Crippen MR) is 137 cm³/mol. The number of carbonyl (C=O) groups excluding carboxylic acids is 1. The maximum Gasteiger partial charge on any atom is 0.416 e. The van der Waals surface area contributed by atoms with E-state index in [0.717, 1.165) is 17.2 Å². The normalized spacial score (nSPS) is 15.6. The summed E-state index contributed by atoms with van der Waals surface area (Å²) >= 11 is 0. The minimum Gasteiger partial charge on any atom is -0.318 e. The van der Waals surface area contributed by atoms with Crippen molar-refractivity contribution in [2.45, 2.75) is 32.0 Å². The molecule has 0 bridgehead atoms. The molecule has 1 unspecified atom stereocenters. The van der Waals surface area contributed by atoms with Crippen LogP contribution >= 0.6 is 0 Å². The molecule has 0 aliphatic carbocycles. The molecule has 190 valence electrons. The molecule has 5 rings (SSSR count). The zero-order valence-corrected chi connectivity index (χ0v) is 20.5. The van der Waals surface area contributed by atoms with Crippen molar-refractivity contribution in [3.8, 4) is 11.3 Å². The third-order valence-electron chi connectivity index (χ3n) is 6.40. The van der Waals surface area contributed by atoms with Gasteiger partial charge in [0.05, 0.1) is 11.6 Å². The van der Waals surface area contributed by atoms with E-state index < -0.39 is 23.7 Å². The van der Waals surface area contributed by atoms with Crippen molar-refractivity contribution < 1.29 is 18.0 Å². The molecule has 2 aromatic carbocycles. The van der Waals surface area contributed by atoms with Gasteiger partial charge in [-0.3, -0.25) is 9.20 Å². The van der Waals surface area contributed by atoms with Crippen LogP contribution in [0.5, 0.6) is 0 Å². The quantitative estimate of drug-likeness (QED) is 0.330. The Morgan fingerprint density at radius 2 is 1.84 bits per heavy atom. The number of carbonyl (C=O) groups is 1. The van der Waals surface area contributed by atoms with Crippen molar-refractivity contribution in [3.63, 3.8) is 0 Å². The molecule has 0 saturated heterocycles. The Kier molecular flexibility index (Phi) is 6.25. The topological polar surface area (TPSA) is 61.7 Å². The zero-order chi connectivity index (χ0) is 26.3. The van der Waals surface area contributed by atoms with E-state index in [1.54, 1.807) is 28.7 Å². The molecular formula is C28H26F3N5O. The van der Waals surface area contributed by atoms with Crippen LogP contribution in [0.2, 0.25) is 0 Å². The molecule has 1 aliphatic rings. The van der Waals surface area contributed by atoms with Crippen molar-refractivity contribution in [1.82, 2.24) is 19.8 Å². The highest BCUT2D eigenvalue weighted by atomic mass is 19.4. The number of anilines is 1. The van der Waals surface area contributed by atoms with Crippen LogP contribution in [0.15, 0.2) is 79.1 Å². The Bertz CT molecular complexity index is 1490. The van der Waals surface area contributed by atoms with Crippen LogP contribution in [0.1, 0.15) is 52.9 Å². The predicted octanol–water partition coefficient (Wildman–Crippen LogP) is 6.40. The second-order valence-corrected chi connectivity index (χ2v) is 9.33. The summed E-state index contributed by atoms with van der Waals surface area (Å²) in [6.07, 6.45) is 0.558. The minimum absolute atomic E-state index is 0.0243. The van der Waals surface area contributed by atoms with E-state index in [1.165, 1.54) is 12.1 Å². The Labute approximate surface area is 212 Å². The molecule has 1 amide bonds. The Hall–Kier alpha value is -4.11. The number of nitrogens with zero attached hydrogens (tertiary/aromatic N) is 3. The molecule has 3 heterocycles. The Morgan fingerprint density at radius 1 is 1.08 bits per heavy atom. The molecular weight excluding hydrogens is 479 g/mol.